The first kappa shape index (κ1) is 18.9. The van der Waals surface area contributed by atoms with E-state index in [0.717, 1.165) is 40.7 Å². The molecule has 2 atom stereocenters. The topological polar surface area (TPSA) is 49.8 Å². The molecule has 0 spiro atoms. The van der Waals surface area contributed by atoms with Crippen LogP contribution >= 0.6 is 15.9 Å². The lowest BCUT2D eigenvalue weighted by molar-refractivity contribution is -0.143. The number of carboxylic acids is 1. The van der Waals surface area contributed by atoms with Gasteiger partial charge < -0.3 is 9.84 Å². The van der Waals surface area contributed by atoms with Crippen LogP contribution in [0.3, 0.4) is 0 Å². The second-order valence-electron chi connectivity index (χ2n) is 6.60. The second-order valence-corrected chi connectivity index (χ2v) is 7.51. The molecule has 0 bridgehead atoms. The van der Waals surface area contributed by atoms with Crippen LogP contribution in [0.4, 0.5) is 0 Å². The van der Waals surface area contributed by atoms with E-state index in [0.29, 0.717) is 13.2 Å². The molecule has 2 aromatic carbocycles. The number of piperidine rings is 1. The summed E-state index contributed by atoms with van der Waals surface area (Å²) in [6.45, 7) is 4.01. The molecular weight excluding hydrogens is 394 g/mol. The van der Waals surface area contributed by atoms with Crippen molar-refractivity contribution < 1.29 is 14.6 Å². The van der Waals surface area contributed by atoms with Gasteiger partial charge in [-0.05, 0) is 50.1 Å². The van der Waals surface area contributed by atoms with Crippen LogP contribution in [0.2, 0.25) is 0 Å². The molecule has 0 saturated carbocycles. The van der Waals surface area contributed by atoms with Crippen molar-refractivity contribution in [2.75, 3.05) is 19.7 Å². The largest absolute Gasteiger partial charge is 0.494 e. The lowest BCUT2D eigenvalue weighted by atomic mass is 9.91. The van der Waals surface area contributed by atoms with Gasteiger partial charge in [0.05, 0.1) is 18.6 Å². The summed E-state index contributed by atoms with van der Waals surface area (Å²) in [5.41, 5.74) is 2.23. The fourth-order valence-electron chi connectivity index (χ4n) is 3.67. The van der Waals surface area contributed by atoms with E-state index < -0.39 is 5.97 Å². The van der Waals surface area contributed by atoms with Crippen molar-refractivity contribution >= 4 is 21.9 Å². The number of carbonyl (C=O) groups is 1. The zero-order valence-electron chi connectivity index (χ0n) is 14.9. The number of ether oxygens (including phenoxy) is 1. The summed E-state index contributed by atoms with van der Waals surface area (Å²) in [7, 11) is 0. The van der Waals surface area contributed by atoms with Gasteiger partial charge >= 0.3 is 5.97 Å². The van der Waals surface area contributed by atoms with E-state index in [1.54, 1.807) is 0 Å². The molecule has 138 valence electrons. The minimum Gasteiger partial charge on any atom is -0.494 e. The van der Waals surface area contributed by atoms with E-state index in [-0.39, 0.29) is 12.0 Å². The van der Waals surface area contributed by atoms with Gasteiger partial charge in [0, 0.05) is 16.6 Å². The highest BCUT2D eigenvalue weighted by molar-refractivity contribution is 9.10. The third-order valence-electron chi connectivity index (χ3n) is 4.87. The quantitative estimate of drug-likeness (QED) is 0.737. The van der Waals surface area contributed by atoms with Crippen molar-refractivity contribution in [2.24, 2.45) is 5.92 Å². The molecule has 5 heteroatoms. The molecule has 4 nitrogen and oxygen atoms in total. The van der Waals surface area contributed by atoms with Crippen molar-refractivity contribution in [3.63, 3.8) is 0 Å². The molecule has 0 aromatic heterocycles. The highest BCUT2D eigenvalue weighted by Gasteiger charge is 2.32. The van der Waals surface area contributed by atoms with Gasteiger partial charge in [0.1, 0.15) is 5.75 Å². The van der Waals surface area contributed by atoms with Gasteiger partial charge in [0.2, 0.25) is 0 Å². The van der Waals surface area contributed by atoms with Gasteiger partial charge in [0.25, 0.3) is 0 Å². The smallest absolute Gasteiger partial charge is 0.307 e. The van der Waals surface area contributed by atoms with Crippen LogP contribution in [0.5, 0.6) is 5.75 Å². The minimum absolute atomic E-state index is 0.0204. The first-order valence-corrected chi connectivity index (χ1v) is 9.83. The molecule has 1 fully saturated rings. The van der Waals surface area contributed by atoms with E-state index in [4.69, 9.17) is 4.74 Å². The van der Waals surface area contributed by atoms with Gasteiger partial charge in [-0.3, -0.25) is 9.69 Å². The molecule has 2 unspecified atom stereocenters. The Hall–Kier alpha value is -1.85. The number of rotatable bonds is 6. The number of halogens is 1. The van der Waals surface area contributed by atoms with Gasteiger partial charge in [-0.15, -0.1) is 0 Å². The number of aliphatic carboxylic acids is 1. The van der Waals surface area contributed by atoms with Crippen molar-refractivity contribution in [3.05, 3.63) is 64.1 Å². The van der Waals surface area contributed by atoms with Gasteiger partial charge in [-0.2, -0.15) is 0 Å². The normalized spacial score (nSPS) is 19.1. The maximum Gasteiger partial charge on any atom is 0.307 e. The van der Waals surface area contributed by atoms with E-state index in [1.165, 1.54) is 0 Å². The van der Waals surface area contributed by atoms with E-state index in [9.17, 15) is 9.90 Å². The van der Waals surface area contributed by atoms with Crippen molar-refractivity contribution in [1.29, 1.82) is 0 Å². The molecule has 1 aliphatic heterocycles. The minimum atomic E-state index is -0.706. The lowest BCUT2D eigenvalue weighted by Crippen LogP contribution is -2.41. The van der Waals surface area contributed by atoms with Gasteiger partial charge in [0.15, 0.2) is 0 Å². The fraction of sp³-hybridized carbons (Fsp3) is 0.381. The summed E-state index contributed by atoms with van der Waals surface area (Å²) >= 11 is 3.50. The molecule has 26 heavy (non-hydrogen) atoms. The Labute approximate surface area is 162 Å². The first-order chi connectivity index (χ1) is 12.6. The Kier molecular flexibility index (Phi) is 6.33. The molecule has 0 amide bonds. The van der Waals surface area contributed by atoms with Crippen LogP contribution in [-0.2, 0) is 4.79 Å². The molecule has 1 heterocycles. The number of para-hydroxylation sites is 1. The average Bonchev–Trinajstić information content (AvgIpc) is 2.65. The fourth-order valence-corrected chi connectivity index (χ4v) is 3.93. The second kappa shape index (κ2) is 8.69. The number of likely N-dealkylation sites (tertiary alicyclic amines) is 1. The number of benzene rings is 2. The maximum absolute atomic E-state index is 11.6. The van der Waals surface area contributed by atoms with Crippen LogP contribution in [0.15, 0.2) is 53.0 Å². The molecule has 3 rings (SSSR count). The summed E-state index contributed by atoms with van der Waals surface area (Å²) in [6, 6.07) is 16.3. The third-order valence-corrected chi connectivity index (χ3v) is 5.40. The summed E-state index contributed by atoms with van der Waals surface area (Å²) in [6.07, 6.45) is 1.63. The van der Waals surface area contributed by atoms with Crippen LogP contribution < -0.4 is 4.74 Å². The zero-order valence-corrected chi connectivity index (χ0v) is 16.5. The molecule has 0 aliphatic carbocycles. The predicted octanol–water partition coefficient (Wildman–Crippen LogP) is 4.73. The monoisotopic (exact) mass is 417 g/mol. The van der Waals surface area contributed by atoms with Crippen molar-refractivity contribution in [1.82, 2.24) is 4.90 Å². The van der Waals surface area contributed by atoms with E-state index in [2.05, 4.69) is 39.0 Å². The molecule has 1 N–H and O–H groups in total. The first-order valence-electron chi connectivity index (χ1n) is 9.04. The Balaban J connectivity index is 2.02. The maximum atomic E-state index is 11.6. The number of nitrogens with zero attached hydrogens (tertiary/aromatic N) is 1. The summed E-state index contributed by atoms with van der Waals surface area (Å²) in [5.74, 6) is -0.163. The highest BCUT2D eigenvalue weighted by atomic mass is 79.9. The number of hydrogen-bond donors (Lipinski definition) is 1. The Morgan fingerprint density at radius 2 is 2.00 bits per heavy atom. The Morgan fingerprint density at radius 3 is 2.69 bits per heavy atom. The lowest BCUT2D eigenvalue weighted by Gasteiger charge is -2.38. The standard InChI is InChI=1S/C21H24BrNO3/c1-2-26-19-8-4-3-7-18(19)20(15-9-11-17(22)12-10-15)23-13-5-6-16(14-23)21(24)25/h3-4,7-12,16,20H,2,5-6,13-14H2,1H3,(H,24,25). The Morgan fingerprint density at radius 1 is 1.27 bits per heavy atom. The molecule has 1 saturated heterocycles. The van der Waals surface area contributed by atoms with Crippen molar-refractivity contribution in [2.45, 2.75) is 25.8 Å². The van der Waals surface area contributed by atoms with E-state index >= 15 is 0 Å². The molecule has 0 radical (unpaired) electrons. The van der Waals surface area contributed by atoms with Crippen molar-refractivity contribution in [3.8, 4) is 5.75 Å². The van der Waals surface area contributed by atoms with Crippen LogP contribution in [0, 0.1) is 5.92 Å². The Bertz CT molecular complexity index is 747. The SMILES string of the molecule is CCOc1ccccc1C(c1ccc(Br)cc1)N1CCCC(C(=O)O)C1. The number of hydrogen-bond acceptors (Lipinski definition) is 3. The third kappa shape index (κ3) is 4.27. The molecule has 1 aliphatic rings. The zero-order chi connectivity index (χ0) is 18.5. The molecular formula is C21H24BrNO3. The van der Waals surface area contributed by atoms with Crippen LogP contribution in [-0.4, -0.2) is 35.7 Å². The van der Waals surface area contributed by atoms with Crippen LogP contribution in [0.1, 0.15) is 36.9 Å². The number of carboxylic acid groups (broad SMARTS) is 1. The van der Waals surface area contributed by atoms with Crippen LogP contribution in [0.25, 0.3) is 0 Å². The summed E-state index contributed by atoms with van der Waals surface area (Å²) in [4.78, 5) is 13.8. The summed E-state index contributed by atoms with van der Waals surface area (Å²) < 4.78 is 6.90. The van der Waals surface area contributed by atoms with Gasteiger partial charge in [-0.1, -0.05) is 46.3 Å². The highest BCUT2D eigenvalue weighted by Crippen LogP contribution is 2.37. The molecule has 2 aromatic rings. The average molecular weight is 418 g/mol. The van der Waals surface area contributed by atoms with Gasteiger partial charge in [-0.25, -0.2) is 0 Å². The predicted molar refractivity (Wildman–Crippen MR) is 106 cm³/mol. The van der Waals surface area contributed by atoms with E-state index in [1.807, 2.05) is 37.3 Å². The summed E-state index contributed by atoms with van der Waals surface area (Å²) in [5, 5.41) is 9.50.